The van der Waals surface area contributed by atoms with Crippen LogP contribution in [0, 0.1) is 12.7 Å². The second-order valence-corrected chi connectivity index (χ2v) is 5.09. The highest BCUT2D eigenvalue weighted by Gasteiger charge is 2.10. The normalized spacial score (nSPS) is 12.6. The van der Waals surface area contributed by atoms with Crippen molar-refractivity contribution in [2.45, 2.75) is 13.0 Å². The van der Waals surface area contributed by atoms with E-state index < -0.39 is 0 Å². The van der Waals surface area contributed by atoms with Gasteiger partial charge >= 0.3 is 0 Å². The molecule has 0 aliphatic carbocycles. The van der Waals surface area contributed by atoms with Gasteiger partial charge in [-0.1, -0.05) is 48.5 Å². The van der Waals surface area contributed by atoms with Crippen molar-refractivity contribution in [2.75, 3.05) is 0 Å². The molecule has 0 radical (unpaired) electrons. The van der Waals surface area contributed by atoms with E-state index in [0.717, 1.165) is 11.1 Å². The molecule has 0 aromatic heterocycles. The maximum atomic E-state index is 13.3. The second-order valence-electron chi connectivity index (χ2n) is 5.09. The first-order valence-corrected chi connectivity index (χ1v) is 6.65. The van der Waals surface area contributed by atoms with Gasteiger partial charge in [-0.15, -0.1) is 0 Å². The molecule has 0 saturated heterocycles. The summed E-state index contributed by atoms with van der Waals surface area (Å²) in [6, 6.07) is 19.2. The van der Waals surface area contributed by atoms with Crippen LogP contribution in [0.4, 0.5) is 4.39 Å². The van der Waals surface area contributed by atoms with Crippen molar-refractivity contribution in [1.29, 1.82) is 0 Å². The van der Waals surface area contributed by atoms with E-state index in [4.69, 9.17) is 5.73 Å². The maximum Gasteiger partial charge on any atom is 0.126 e. The molecule has 0 amide bonds. The third-order valence-corrected chi connectivity index (χ3v) is 3.67. The fourth-order valence-corrected chi connectivity index (χ4v) is 2.46. The Morgan fingerprint density at radius 1 is 0.850 bits per heavy atom. The van der Waals surface area contributed by atoms with E-state index >= 15 is 0 Å². The van der Waals surface area contributed by atoms with E-state index in [1.165, 1.54) is 16.8 Å². The minimum Gasteiger partial charge on any atom is -0.320 e. The fraction of sp³-hybridized carbons (Fsp3) is 0.111. The summed E-state index contributed by atoms with van der Waals surface area (Å²) in [5.41, 5.74) is 8.89. The molecule has 0 fully saturated rings. The molecule has 0 saturated carbocycles. The van der Waals surface area contributed by atoms with Crippen LogP contribution in [0.25, 0.3) is 10.8 Å². The van der Waals surface area contributed by atoms with Gasteiger partial charge in [0, 0.05) is 0 Å². The number of halogens is 1. The summed E-state index contributed by atoms with van der Waals surface area (Å²) in [5.74, 6) is -0.195. The summed E-state index contributed by atoms with van der Waals surface area (Å²) in [5, 5.41) is 2.36. The molecule has 3 aromatic rings. The van der Waals surface area contributed by atoms with Crippen molar-refractivity contribution >= 4 is 10.8 Å². The number of fused-ring (bicyclic) bond motifs is 1. The van der Waals surface area contributed by atoms with Crippen molar-refractivity contribution in [2.24, 2.45) is 5.73 Å². The Bertz CT molecular complexity index is 764. The maximum absolute atomic E-state index is 13.3. The number of benzene rings is 3. The first kappa shape index (κ1) is 12.8. The highest BCUT2D eigenvalue weighted by Crippen LogP contribution is 2.24. The number of hydrogen-bond acceptors (Lipinski definition) is 1. The van der Waals surface area contributed by atoms with Gasteiger partial charge in [0.05, 0.1) is 6.04 Å². The summed E-state index contributed by atoms with van der Waals surface area (Å²) < 4.78 is 13.3. The molecule has 0 spiro atoms. The predicted molar refractivity (Wildman–Crippen MR) is 81.1 cm³/mol. The molecule has 0 heterocycles. The fourth-order valence-electron chi connectivity index (χ4n) is 2.46. The van der Waals surface area contributed by atoms with E-state index in [-0.39, 0.29) is 11.9 Å². The molecular formula is C18H16FN. The topological polar surface area (TPSA) is 26.0 Å². The lowest BCUT2D eigenvalue weighted by atomic mass is 9.96. The van der Waals surface area contributed by atoms with Crippen LogP contribution >= 0.6 is 0 Å². The summed E-state index contributed by atoms with van der Waals surface area (Å²) in [4.78, 5) is 0. The largest absolute Gasteiger partial charge is 0.320 e. The molecule has 0 aliphatic rings. The Morgan fingerprint density at radius 3 is 2.25 bits per heavy atom. The van der Waals surface area contributed by atoms with Crippen molar-refractivity contribution in [3.8, 4) is 0 Å². The molecule has 1 nitrogen and oxygen atoms in total. The minimum atomic E-state index is -0.237. The molecule has 2 heteroatoms. The SMILES string of the molecule is Cc1cc(C(N)c2ccc3ccccc3c2)ccc1F. The number of hydrogen-bond donors (Lipinski definition) is 1. The van der Waals surface area contributed by atoms with Gasteiger partial charge in [0.15, 0.2) is 0 Å². The van der Waals surface area contributed by atoms with Crippen molar-refractivity contribution in [3.63, 3.8) is 0 Å². The van der Waals surface area contributed by atoms with Gasteiger partial charge in [0.25, 0.3) is 0 Å². The van der Waals surface area contributed by atoms with Gasteiger partial charge in [-0.25, -0.2) is 4.39 Å². The van der Waals surface area contributed by atoms with Crippen LogP contribution in [-0.2, 0) is 0 Å². The first-order chi connectivity index (χ1) is 9.65. The zero-order valence-electron chi connectivity index (χ0n) is 11.3. The minimum absolute atomic E-state index is 0.195. The molecule has 0 bridgehead atoms. The lowest BCUT2D eigenvalue weighted by Crippen LogP contribution is -2.12. The van der Waals surface area contributed by atoms with Gasteiger partial charge in [0.1, 0.15) is 5.82 Å². The van der Waals surface area contributed by atoms with Gasteiger partial charge < -0.3 is 5.73 Å². The Balaban J connectivity index is 2.02. The predicted octanol–water partition coefficient (Wildman–Crippen LogP) is 4.34. The molecule has 1 atom stereocenters. The van der Waals surface area contributed by atoms with Gasteiger partial charge in [-0.2, -0.15) is 0 Å². The summed E-state index contributed by atoms with van der Waals surface area (Å²) in [6.07, 6.45) is 0. The van der Waals surface area contributed by atoms with Crippen LogP contribution in [0.5, 0.6) is 0 Å². The van der Waals surface area contributed by atoms with E-state index in [1.807, 2.05) is 24.3 Å². The molecule has 100 valence electrons. The van der Waals surface area contributed by atoms with E-state index in [2.05, 4.69) is 24.3 Å². The molecule has 1 unspecified atom stereocenters. The van der Waals surface area contributed by atoms with E-state index in [9.17, 15) is 4.39 Å². The monoisotopic (exact) mass is 265 g/mol. The number of aryl methyl sites for hydroxylation is 1. The standard InChI is InChI=1S/C18H16FN/c1-12-10-15(8-9-17(12)19)18(20)16-7-6-13-4-2-3-5-14(13)11-16/h2-11,18H,20H2,1H3. The average molecular weight is 265 g/mol. The van der Waals surface area contributed by atoms with Crippen molar-refractivity contribution < 1.29 is 4.39 Å². The molecule has 0 aliphatic heterocycles. The Morgan fingerprint density at radius 2 is 1.50 bits per heavy atom. The molecule has 2 N–H and O–H groups in total. The zero-order chi connectivity index (χ0) is 14.1. The molecule has 3 rings (SSSR count). The highest BCUT2D eigenvalue weighted by atomic mass is 19.1. The molecule has 20 heavy (non-hydrogen) atoms. The van der Waals surface area contributed by atoms with Crippen LogP contribution in [0.3, 0.4) is 0 Å². The lowest BCUT2D eigenvalue weighted by molar-refractivity contribution is 0.617. The van der Waals surface area contributed by atoms with Gasteiger partial charge in [-0.3, -0.25) is 0 Å². The molecular weight excluding hydrogens is 249 g/mol. The van der Waals surface area contributed by atoms with Gasteiger partial charge in [-0.05, 0) is 46.5 Å². The zero-order valence-corrected chi connectivity index (χ0v) is 11.3. The van der Waals surface area contributed by atoms with Crippen molar-refractivity contribution in [3.05, 3.63) is 83.2 Å². The lowest BCUT2D eigenvalue weighted by Gasteiger charge is -2.14. The first-order valence-electron chi connectivity index (χ1n) is 6.65. The van der Waals surface area contributed by atoms with Crippen molar-refractivity contribution in [1.82, 2.24) is 0 Å². The Kier molecular flexibility index (Phi) is 3.25. The smallest absolute Gasteiger partial charge is 0.126 e. The second kappa shape index (κ2) is 5.06. The number of rotatable bonds is 2. The van der Waals surface area contributed by atoms with Crippen LogP contribution in [0.2, 0.25) is 0 Å². The van der Waals surface area contributed by atoms with Crippen LogP contribution in [0.15, 0.2) is 60.7 Å². The van der Waals surface area contributed by atoms with Crippen LogP contribution in [-0.4, -0.2) is 0 Å². The highest BCUT2D eigenvalue weighted by molar-refractivity contribution is 5.83. The average Bonchev–Trinajstić information content (AvgIpc) is 2.49. The summed E-state index contributed by atoms with van der Waals surface area (Å²) >= 11 is 0. The summed E-state index contributed by atoms with van der Waals surface area (Å²) in [7, 11) is 0. The quantitative estimate of drug-likeness (QED) is 0.733. The third kappa shape index (κ3) is 2.30. The Hall–Kier alpha value is -2.19. The summed E-state index contributed by atoms with van der Waals surface area (Å²) in [6.45, 7) is 1.76. The third-order valence-electron chi connectivity index (χ3n) is 3.67. The van der Waals surface area contributed by atoms with Gasteiger partial charge in [0.2, 0.25) is 0 Å². The van der Waals surface area contributed by atoms with E-state index in [0.29, 0.717) is 5.56 Å². The van der Waals surface area contributed by atoms with Crippen LogP contribution in [0.1, 0.15) is 22.7 Å². The number of nitrogens with two attached hydrogens (primary N) is 1. The molecule has 3 aromatic carbocycles. The van der Waals surface area contributed by atoms with Crippen LogP contribution < -0.4 is 5.73 Å². The van der Waals surface area contributed by atoms with E-state index in [1.54, 1.807) is 13.0 Å². The Labute approximate surface area is 117 Å².